The average molecular weight is 323 g/mol. The van der Waals surface area contributed by atoms with Crippen LogP contribution in [0.5, 0.6) is 5.75 Å². The quantitative estimate of drug-likeness (QED) is 0.763. The Morgan fingerprint density at radius 2 is 1.83 bits per heavy atom. The molecule has 0 aliphatic heterocycles. The minimum atomic E-state index is -0.392. The predicted molar refractivity (Wildman–Crippen MR) is 92.4 cm³/mol. The van der Waals surface area contributed by atoms with E-state index in [-0.39, 0.29) is 18.6 Å². The maximum Gasteiger partial charge on any atom is 0.258 e. The summed E-state index contributed by atoms with van der Waals surface area (Å²) in [4.78, 5) is 12.1. The van der Waals surface area contributed by atoms with Crippen LogP contribution in [0.4, 0.5) is 4.39 Å². The van der Waals surface area contributed by atoms with Gasteiger partial charge >= 0.3 is 0 Å². The monoisotopic (exact) mass is 323 g/mol. The van der Waals surface area contributed by atoms with Gasteiger partial charge in [0.05, 0.1) is 6.04 Å². The minimum absolute atomic E-state index is 0.153. The molecule has 0 saturated carbocycles. The highest BCUT2D eigenvalue weighted by atomic mass is 19.1. The average Bonchev–Trinajstić information content (AvgIpc) is 2.59. The molecule has 0 radical (unpaired) electrons. The van der Waals surface area contributed by atoms with Gasteiger partial charge in [-0.2, -0.15) is 0 Å². The van der Waals surface area contributed by atoms with Crippen LogP contribution in [-0.4, -0.2) is 12.5 Å². The van der Waals surface area contributed by atoms with E-state index in [9.17, 15) is 9.18 Å². The van der Waals surface area contributed by atoms with Gasteiger partial charge in [0.25, 0.3) is 5.91 Å². The predicted octanol–water partition coefficient (Wildman–Crippen LogP) is 4.24. The zero-order valence-electron chi connectivity index (χ0n) is 13.3. The third kappa shape index (κ3) is 3.71. The summed E-state index contributed by atoms with van der Waals surface area (Å²) in [5.74, 6) is -0.306. The van der Waals surface area contributed by atoms with Crippen molar-refractivity contribution in [3.63, 3.8) is 0 Å². The van der Waals surface area contributed by atoms with E-state index in [4.69, 9.17) is 4.74 Å². The lowest BCUT2D eigenvalue weighted by Crippen LogP contribution is -2.31. The van der Waals surface area contributed by atoms with E-state index in [1.54, 1.807) is 12.1 Å². The van der Waals surface area contributed by atoms with Crippen LogP contribution < -0.4 is 10.1 Å². The van der Waals surface area contributed by atoms with Crippen LogP contribution in [0.3, 0.4) is 0 Å². The van der Waals surface area contributed by atoms with Gasteiger partial charge < -0.3 is 10.1 Å². The largest absolute Gasteiger partial charge is 0.484 e. The highest BCUT2D eigenvalue weighted by Crippen LogP contribution is 2.24. The summed E-state index contributed by atoms with van der Waals surface area (Å²) in [6.07, 6.45) is 0. The Bertz CT molecular complexity index is 858. The summed E-state index contributed by atoms with van der Waals surface area (Å²) in [6, 6.07) is 19.7. The molecule has 3 aromatic rings. The van der Waals surface area contributed by atoms with E-state index in [1.807, 2.05) is 49.4 Å². The van der Waals surface area contributed by atoms with E-state index in [2.05, 4.69) is 5.32 Å². The van der Waals surface area contributed by atoms with Crippen LogP contribution in [0.25, 0.3) is 10.8 Å². The van der Waals surface area contributed by atoms with Crippen LogP contribution in [0.15, 0.2) is 66.7 Å². The fourth-order valence-electron chi connectivity index (χ4n) is 2.69. The number of carbonyl (C=O) groups is 1. The highest BCUT2D eigenvalue weighted by molar-refractivity contribution is 5.87. The molecule has 24 heavy (non-hydrogen) atoms. The van der Waals surface area contributed by atoms with Crippen molar-refractivity contribution in [1.29, 1.82) is 0 Å². The molecule has 0 aromatic heterocycles. The summed E-state index contributed by atoms with van der Waals surface area (Å²) >= 11 is 0. The Morgan fingerprint density at radius 1 is 1.08 bits per heavy atom. The first-order valence-corrected chi connectivity index (χ1v) is 7.79. The lowest BCUT2D eigenvalue weighted by Gasteiger charge is -2.17. The van der Waals surface area contributed by atoms with Crippen molar-refractivity contribution in [2.45, 2.75) is 13.0 Å². The molecule has 3 nitrogen and oxygen atoms in total. The van der Waals surface area contributed by atoms with Crippen molar-refractivity contribution in [3.05, 3.63) is 78.1 Å². The van der Waals surface area contributed by atoms with Gasteiger partial charge in [-0.15, -0.1) is 0 Å². The van der Waals surface area contributed by atoms with Crippen LogP contribution in [0.2, 0.25) is 0 Å². The van der Waals surface area contributed by atoms with Crippen molar-refractivity contribution in [2.24, 2.45) is 0 Å². The van der Waals surface area contributed by atoms with E-state index in [1.165, 1.54) is 12.1 Å². The summed E-state index contributed by atoms with van der Waals surface area (Å²) in [6.45, 7) is 1.78. The first-order chi connectivity index (χ1) is 11.6. The lowest BCUT2D eigenvalue weighted by atomic mass is 10.00. The molecule has 1 amide bonds. The zero-order valence-corrected chi connectivity index (χ0v) is 13.3. The SMILES string of the molecule is C[C@H](NC(=O)COc1cccc(F)c1)c1cccc2ccccc12. The molecule has 0 saturated heterocycles. The molecule has 4 heteroatoms. The Balaban J connectivity index is 1.65. The molecule has 0 fully saturated rings. The first-order valence-electron chi connectivity index (χ1n) is 7.79. The zero-order chi connectivity index (χ0) is 16.9. The summed E-state index contributed by atoms with van der Waals surface area (Å²) < 4.78 is 18.4. The second-order valence-electron chi connectivity index (χ2n) is 5.60. The lowest BCUT2D eigenvalue weighted by molar-refractivity contribution is -0.123. The summed E-state index contributed by atoms with van der Waals surface area (Å²) in [7, 11) is 0. The van der Waals surface area contributed by atoms with E-state index >= 15 is 0 Å². The number of benzene rings is 3. The second-order valence-corrected chi connectivity index (χ2v) is 5.60. The van der Waals surface area contributed by atoms with Gasteiger partial charge in [-0.1, -0.05) is 48.5 Å². The number of nitrogens with one attached hydrogen (secondary N) is 1. The molecule has 1 atom stereocenters. The van der Waals surface area contributed by atoms with Gasteiger partial charge in [-0.05, 0) is 35.4 Å². The smallest absolute Gasteiger partial charge is 0.258 e. The molecule has 0 unspecified atom stereocenters. The fraction of sp³-hybridized carbons (Fsp3) is 0.150. The van der Waals surface area contributed by atoms with Gasteiger partial charge in [0.1, 0.15) is 11.6 Å². The number of ether oxygens (including phenoxy) is 1. The molecule has 3 rings (SSSR count). The molecule has 0 aliphatic carbocycles. The molecular weight excluding hydrogens is 305 g/mol. The van der Waals surface area contributed by atoms with Gasteiger partial charge in [0.2, 0.25) is 0 Å². The van der Waals surface area contributed by atoms with Crippen LogP contribution in [0, 0.1) is 5.82 Å². The number of hydrogen-bond acceptors (Lipinski definition) is 2. The standard InChI is InChI=1S/C20H18FNO2/c1-14(18-11-4-7-15-6-2-3-10-19(15)18)22-20(23)13-24-17-9-5-8-16(21)12-17/h2-12,14H,13H2,1H3,(H,22,23)/t14-/m0/s1. The van der Waals surface area contributed by atoms with E-state index < -0.39 is 5.82 Å². The van der Waals surface area contributed by atoms with Crippen molar-refractivity contribution < 1.29 is 13.9 Å². The van der Waals surface area contributed by atoms with Crippen molar-refractivity contribution in [3.8, 4) is 5.75 Å². The molecule has 3 aromatic carbocycles. The Labute approximate surface area is 140 Å². The number of amides is 1. The van der Waals surface area contributed by atoms with Crippen molar-refractivity contribution in [2.75, 3.05) is 6.61 Å². The number of hydrogen-bond donors (Lipinski definition) is 1. The van der Waals surface area contributed by atoms with Gasteiger partial charge in [-0.3, -0.25) is 4.79 Å². The topological polar surface area (TPSA) is 38.3 Å². The second kappa shape index (κ2) is 7.13. The summed E-state index contributed by atoms with van der Waals surface area (Å²) in [5, 5.41) is 5.16. The van der Waals surface area contributed by atoms with Crippen LogP contribution in [-0.2, 0) is 4.79 Å². The number of fused-ring (bicyclic) bond motifs is 1. The van der Waals surface area contributed by atoms with Gasteiger partial charge in [0, 0.05) is 6.07 Å². The highest BCUT2D eigenvalue weighted by Gasteiger charge is 2.12. The number of halogens is 1. The molecule has 122 valence electrons. The molecular formula is C20H18FNO2. The normalized spacial score (nSPS) is 11.9. The van der Waals surface area contributed by atoms with Crippen LogP contribution in [0.1, 0.15) is 18.5 Å². The Hall–Kier alpha value is -2.88. The third-order valence-corrected chi connectivity index (χ3v) is 3.83. The Kier molecular flexibility index (Phi) is 4.75. The minimum Gasteiger partial charge on any atom is -0.484 e. The van der Waals surface area contributed by atoms with E-state index in [0.717, 1.165) is 16.3 Å². The fourth-order valence-corrected chi connectivity index (χ4v) is 2.69. The van der Waals surface area contributed by atoms with Crippen molar-refractivity contribution in [1.82, 2.24) is 5.32 Å². The molecule has 0 heterocycles. The summed E-state index contributed by atoms with van der Waals surface area (Å²) in [5.41, 5.74) is 1.05. The molecule has 1 N–H and O–H groups in total. The third-order valence-electron chi connectivity index (χ3n) is 3.83. The van der Waals surface area contributed by atoms with E-state index in [0.29, 0.717) is 5.75 Å². The Morgan fingerprint density at radius 3 is 2.67 bits per heavy atom. The molecule has 0 aliphatic rings. The molecule has 0 spiro atoms. The van der Waals surface area contributed by atoms with Gasteiger partial charge in [-0.25, -0.2) is 4.39 Å². The maximum atomic E-state index is 13.1. The van der Waals surface area contributed by atoms with Crippen LogP contribution >= 0.6 is 0 Å². The first kappa shape index (κ1) is 16.0. The maximum absolute atomic E-state index is 13.1. The number of carbonyl (C=O) groups excluding carboxylic acids is 1. The number of rotatable bonds is 5. The van der Waals surface area contributed by atoms with Crippen molar-refractivity contribution >= 4 is 16.7 Å². The van der Waals surface area contributed by atoms with Gasteiger partial charge in [0.15, 0.2) is 6.61 Å². The molecule has 0 bridgehead atoms.